The first kappa shape index (κ1) is 21.9. The van der Waals surface area contributed by atoms with Crippen molar-refractivity contribution in [1.29, 1.82) is 0 Å². The highest BCUT2D eigenvalue weighted by Crippen LogP contribution is 2.41. The summed E-state index contributed by atoms with van der Waals surface area (Å²) < 4.78 is 10.4. The molecule has 1 atom stereocenters. The predicted octanol–water partition coefficient (Wildman–Crippen LogP) is 3.79. The number of aliphatic hydroxyl groups is 1. The number of rotatable bonds is 8. The molecule has 3 N–H and O–H groups in total. The molecule has 3 heterocycles. The van der Waals surface area contributed by atoms with E-state index in [4.69, 9.17) is 8.94 Å². The van der Waals surface area contributed by atoms with Crippen LogP contribution in [0.2, 0.25) is 0 Å². The first-order valence-corrected chi connectivity index (χ1v) is 11.5. The molecule has 1 aliphatic rings. The van der Waals surface area contributed by atoms with Gasteiger partial charge in [-0.15, -0.1) is 10.2 Å². The quantitative estimate of drug-likeness (QED) is 0.295. The average molecular weight is 483 g/mol. The summed E-state index contributed by atoms with van der Waals surface area (Å²) >= 11 is 0. The summed E-state index contributed by atoms with van der Waals surface area (Å²) in [6, 6.07) is 14.5. The highest BCUT2D eigenvalue weighted by molar-refractivity contribution is 5.87. The largest absolute Gasteiger partial charge is 0.423 e. The van der Waals surface area contributed by atoms with Crippen molar-refractivity contribution >= 4 is 28.2 Å². The van der Waals surface area contributed by atoms with Crippen LogP contribution in [0.25, 0.3) is 22.2 Å². The lowest BCUT2D eigenvalue weighted by Gasteiger charge is -2.19. The van der Waals surface area contributed by atoms with E-state index in [1.807, 2.05) is 42.5 Å². The third-order valence-corrected chi connectivity index (χ3v) is 6.04. The van der Waals surface area contributed by atoms with Crippen molar-refractivity contribution in [1.82, 2.24) is 25.3 Å². The molecular weight excluding hydrogens is 462 g/mol. The zero-order chi connectivity index (χ0) is 24.5. The molecule has 36 heavy (non-hydrogen) atoms. The molecule has 0 spiro atoms. The molecule has 0 amide bonds. The SMILES string of the molecule is O=c1onc(C2CC2)c2ccc(Nc3ncc(-c4nnco4)c(N[C@H](CO)c4ccccc4)n3)cc12. The zero-order valence-electron chi connectivity index (χ0n) is 19.0. The molecule has 6 rings (SSSR count). The van der Waals surface area contributed by atoms with E-state index in [2.05, 4.69) is 36.0 Å². The zero-order valence-corrected chi connectivity index (χ0v) is 19.0. The van der Waals surface area contributed by atoms with Gasteiger partial charge in [-0.25, -0.2) is 9.78 Å². The van der Waals surface area contributed by atoms with Crippen molar-refractivity contribution in [3.63, 3.8) is 0 Å². The van der Waals surface area contributed by atoms with E-state index in [1.54, 1.807) is 12.3 Å². The van der Waals surface area contributed by atoms with Gasteiger partial charge >= 0.3 is 5.63 Å². The smallest absolute Gasteiger partial charge is 0.366 e. The lowest BCUT2D eigenvalue weighted by Crippen LogP contribution is -2.17. The van der Waals surface area contributed by atoms with Gasteiger partial charge in [-0.1, -0.05) is 41.6 Å². The molecule has 0 aliphatic heterocycles. The number of fused-ring (bicyclic) bond motifs is 1. The second-order valence-corrected chi connectivity index (χ2v) is 8.50. The van der Waals surface area contributed by atoms with Gasteiger partial charge in [0.1, 0.15) is 5.82 Å². The summed E-state index contributed by atoms with van der Waals surface area (Å²) in [6.07, 6.45) is 4.86. The molecule has 11 nitrogen and oxygen atoms in total. The highest BCUT2D eigenvalue weighted by atomic mass is 16.5. The third kappa shape index (κ3) is 4.27. The standard InChI is InChI=1S/C25H21N7O4/c33-12-20(14-4-2-1-3-5-14)29-22-19(23-31-27-13-35-23)11-26-25(30-22)28-16-8-9-17-18(10-16)24(34)36-32-21(17)15-6-7-15/h1-5,8-11,13,15,20,33H,6-7,12H2,(H2,26,28,29,30)/t20-/m1/s1. The summed E-state index contributed by atoms with van der Waals surface area (Å²) in [6.45, 7) is -0.169. The maximum Gasteiger partial charge on any atom is 0.366 e. The molecule has 1 saturated carbocycles. The molecule has 1 fully saturated rings. The first-order chi connectivity index (χ1) is 17.7. The molecule has 11 heteroatoms. The van der Waals surface area contributed by atoms with Crippen LogP contribution in [0.1, 0.15) is 36.1 Å². The van der Waals surface area contributed by atoms with E-state index < -0.39 is 11.7 Å². The fraction of sp³-hybridized carbons (Fsp3) is 0.200. The Kier molecular flexibility index (Phi) is 5.58. The third-order valence-electron chi connectivity index (χ3n) is 6.04. The topological polar surface area (TPSA) is 152 Å². The van der Waals surface area contributed by atoms with E-state index in [9.17, 15) is 9.90 Å². The summed E-state index contributed by atoms with van der Waals surface area (Å²) in [7, 11) is 0. The number of nitrogens with zero attached hydrogens (tertiary/aromatic N) is 5. The number of anilines is 3. The molecule has 2 aromatic carbocycles. The Hall–Kier alpha value is -4.64. The molecule has 0 radical (unpaired) electrons. The molecule has 5 aromatic rings. The van der Waals surface area contributed by atoms with Gasteiger partial charge in [0.05, 0.1) is 29.3 Å². The van der Waals surface area contributed by atoms with E-state index in [1.165, 1.54) is 6.39 Å². The van der Waals surface area contributed by atoms with Crippen LogP contribution in [0.15, 0.2) is 74.9 Å². The maximum atomic E-state index is 12.4. The highest BCUT2D eigenvalue weighted by Gasteiger charge is 2.28. The monoisotopic (exact) mass is 483 g/mol. The van der Waals surface area contributed by atoms with Crippen molar-refractivity contribution < 1.29 is 14.0 Å². The minimum absolute atomic E-state index is 0.169. The van der Waals surface area contributed by atoms with Gasteiger partial charge in [0.2, 0.25) is 12.3 Å². The minimum atomic E-state index is -0.498. The fourth-order valence-electron chi connectivity index (χ4n) is 4.07. The maximum absolute atomic E-state index is 12.4. The number of nitrogens with one attached hydrogen (secondary N) is 2. The number of benzene rings is 2. The van der Waals surface area contributed by atoms with Crippen LogP contribution in [0.4, 0.5) is 17.5 Å². The van der Waals surface area contributed by atoms with Gasteiger partial charge in [0, 0.05) is 23.2 Å². The predicted molar refractivity (Wildman–Crippen MR) is 131 cm³/mol. The van der Waals surface area contributed by atoms with Crippen molar-refractivity contribution in [2.75, 3.05) is 17.2 Å². The molecule has 0 unspecified atom stereocenters. The van der Waals surface area contributed by atoms with Crippen LogP contribution in [0, 0.1) is 0 Å². The van der Waals surface area contributed by atoms with Gasteiger partial charge in [-0.3, -0.25) is 0 Å². The Morgan fingerprint density at radius 3 is 2.72 bits per heavy atom. The fourth-order valence-corrected chi connectivity index (χ4v) is 4.07. The number of aliphatic hydroxyl groups excluding tert-OH is 1. The van der Waals surface area contributed by atoms with Crippen LogP contribution >= 0.6 is 0 Å². The van der Waals surface area contributed by atoms with Gasteiger partial charge in [0.25, 0.3) is 5.89 Å². The van der Waals surface area contributed by atoms with Crippen LogP contribution < -0.4 is 16.3 Å². The van der Waals surface area contributed by atoms with Gasteiger partial charge < -0.3 is 24.7 Å². The van der Waals surface area contributed by atoms with Crippen molar-refractivity contribution in [3.05, 3.63) is 82.8 Å². The van der Waals surface area contributed by atoms with Crippen LogP contribution in [-0.2, 0) is 0 Å². The van der Waals surface area contributed by atoms with E-state index in [0.29, 0.717) is 28.4 Å². The van der Waals surface area contributed by atoms with Crippen LogP contribution in [0.3, 0.4) is 0 Å². The summed E-state index contributed by atoms with van der Waals surface area (Å²) in [5.41, 5.74) is 2.29. The molecule has 3 aromatic heterocycles. The Morgan fingerprint density at radius 1 is 1.11 bits per heavy atom. The Labute approximate surface area is 204 Å². The van der Waals surface area contributed by atoms with Crippen LogP contribution in [-0.4, -0.2) is 37.0 Å². The molecule has 1 aliphatic carbocycles. The van der Waals surface area contributed by atoms with Crippen molar-refractivity contribution in [2.45, 2.75) is 24.8 Å². The number of hydrogen-bond donors (Lipinski definition) is 3. The van der Waals surface area contributed by atoms with Gasteiger partial charge in [-0.05, 0) is 30.5 Å². The van der Waals surface area contributed by atoms with Crippen molar-refractivity contribution in [2.24, 2.45) is 0 Å². The summed E-state index contributed by atoms with van der Waals surface area (Å²) in [5.74, 6) is 1.23. The lowest BCUT2D eigenvalue weighted by molar-refractivity contribution is 0.276. The Bertz CT molecular complexity index is 1570. The first-order valence-electron chi connectivity index (χ1n) is 11.5. The normalized spacial score (nSPS) is 14.0. The second kappa shape index (κ2) is 9.19. The molecule has 0 saturated heterocycles. The summed E-state index contributed by atoms with van der Waals surface area (Å²) in [5, 5.41) is 29.4. The summed E-state index contributed by atoms with van der Waals surface area (Å²) in [4.78, 5) is 21.4. The van der Waals surface area contributed by atoms with Crippen molar-refractivity contribution in [3.8, 4) is 11.5 Å². The molecular formula is C25H21N7O4. The van der Waals surface area contributed by atoms with E-state index in [-0.39, 0.29) is 18.4 Å². The second-order valence-electron chi connectivity index (χ2n) is 8.50. The van der Waals surface area contributed by atoms with Gasteiger partial charge in [0.15, 0.2) is 0 Å². The van der Waals surface area contributed by atoms with Gasteiger partial charge in [-0.2, -0.15) is 4.98 Å². The number of aromatic nitrogens is 5. The van der Waals surface area contributed by atoms with E-state index >= 15 is 0 Å². The van der Waals surface area contributed by atoms with E-state index in [0.717, 1.165) is 29.5 Å². The molecule has 180 valence electrons. The van der Waals surface area contributed by atoms with Crippen LogP contribution in [0.5, 0.6) is 0 Å². The molecule has 0 bridgehead atoms. The minimum Gasteiger partial charge on any atom is -0.423 e. The Balaban J connectivity index is 1.35. The average Bonchev–Trinajstić information content (AvgIpc) is 3.61. The number of hydrogen-bond acceptors (Lipinski definition) is 11. The lowest BCUT2D eigenvalue weighted by atomic mass is 10.1. The Morgan fingerprint density at radius 2 is 1.97 bits per heavy atom.